The second-order valence-electron chi connectivity index (χ2n) is 2.95. The molecule has 1 heterocycles. The van der Waals surface area contributed by atoms with Gasteiger partial charge in [-0.2, -0.15) is 5.10 Å². The Morgan fingerprint density at radius 3 is 2.79 bits per heavy atom. The van der Waals surface area contributed by atoms with Crippen LogP contribution in [0.25, 0.3) is 0 Å². The van der Waals surface area contributed by atoms with Gasteiger partial charge in [-0.3, -0.25) is 9.48 Å². The van der Waals surface area contributed by atoms with Crippen LogP contribution < -0.4 is 0 Å². The lowest BCUT2D eigenvalue weighted by Crippen LogP contribution is -2.28. The van der Waals surface area contributed by atoms with E-state index in [2.05, 4.69) is 5.10 Å². The average molecular weight is 236 g/mol. The van der Waals surface area contributed by atoms with Crippen LogP contribution in [0.2, 0.25) is 5.02 Å². The van der Waals surface area contributed by atoms with E-state index >= 15 is 0 Å². The van der Waals surface area contributed by atoms with Gasteiger partial charge < -0.3 is 4.90 Å². The van der Waals surface area contributed by atoms with E-state index in [0.717, 1.165) is 5.69 Å². The second kappa shape index (κ2) is 4.66. The summed E-state index contributed by atoms with van der Waals surface area (Å²) in [5, 5.41) is 4.53. The van der Waals surface area contributed by atoms with Crippen molar-refractivity contribution in [2.24, 2.45) is 7.05 Å². The summed E-state index contributed by atoms with van der Waals surface area (Å²) in [6.07, 6.45) is 1.55. The third-order valence-corrected chi connectivity index (χ3v) is 2.48. The Morgan fingerprint density at radius 2 is 2.36 bits per heavy atom. The van der Waals surface area contributed by atoms with Gasteiger partial charge in [0.05, 0.1) is 23.5 Å². The number of aromatic nitrogens is 2. The van der Waals surface area contributed by atoms with Crippen LogP contribution in [0.3, 0.4) is 0 Å². The van der Waals surface area contributed by atoms with E-state index in [1.54, 1.807) is 25.0 Å². The summed E-state index contributed by atoms with van der Waals surface area (Å²) in [4.78, 5) is 12.7. The summed E-state index contributed by atoms with van der Waals surface area (Å²) in [6, 6.07) is 0. The minimum atomic E-state index is -0.135. The maximum atomic E-state index is 11.2. The fourth-order valence-corrected chi connectivity index (χ4v) is 1.46. The Labute approximate surface area is 92.4 Å². The van der Waals surface area contributed by atoms with Crippen molar-refractivity contribution >= 4 is 29.1 Å². The molecular weight excluding hydrogens is 225 g/mol. The summed E-state index contributed by atoms with van der Waals surface area (Å²) >= 11 is 11.3. The standard InChI is InChI=1S/C8H11Cl2N3O/c1-12(8(14)3-9)5-7-6(10)4-11-13(7)2/h4H,3,5H2,1-2H3. The number of hydrogen-bond acceptors (Lipinski definition) is 2. The van der Waals surface area contributed by atoms with Crippen LogP contribution in [0.4, 0.5) is 0 Å². The smallest absolute Gasteiger partial charge is 0.237 e. The lowest BCUT2D eigenvalue weighted by molar-refractivity contribution is -0.127. The molecule has 0 spiro atoms. The van der Waals surface area contributed by atoms with Gasteiger partial charge in [0.25, 0.3) is 0 Å². The lowest BCUT2D eigenvalue weighted by atomic mass is 10.4. The van der Waals surface area contributed by atoms with Gasteiger partial charge >= 0.3 is 0 Å². The van der Waals surface area contributed by atoms with Gasteiger partial charge in [0, 0.05) is 14.1 Å². The van der Waals surface area contributed by atoms with E-state index in [4.69, 9.17) is 23.2 Å². The first kappa shape index (κ1) is 11.3. The third kappa shape index (κ3) is 2.39. The Balaban J connectivity index is 2.73. The van der Waals surface area contributed by atoms with E-state index in [9.17, 15) is 4.79 Å². The minimum Gasteiger partial charge on any atom is -0.339 e. The molecule has 14 heavy (non-hydrogen) atoms. The molecule has 4 nitrogen and oxygen atoms in total. The van der Waals surface area contributed by atoms with Crippen molar-refractivity contribution in [2.45, 2.75) is 6.54 Å². The average Bonchev–Trinajstić information content (AvgIpc) is 2.48. The number of amides is 1. The van der Waals surface area contributed by atoms with Gasteiger partial charge in [-0.05, 0) is 0 Å². The van der Waals surface area contributed by atoms with E-state index in [0.29, 0.717) is 11.6 Å². The molecule has 0 N–H and O–H groups in total. The first-order valence-corrected chi connectivity index (χ1v) is 4.93. The van der Waals surface area contributed by atoms with Crippen LogP contribution >= 0.6 is 23.2 Å². The molecule has 78 valence electrons. The van der Waals surface area contributed by atoms with Crippen molar-refractivity contribution in [3.63, 3.8) is 0 Å². The topological polar surface area (TPSA) is 38.1 Å². The van der Waals surface area contributed by atoms with Gasteiger partial charge in [-0.25, -0.2) is 0 Å². The molecule has 0 saturated carbocycles. The quantitative estimate of drug-likeness (QED) is 0.741. The number of carbonyl (C=O) groups is 1. The lowest BCUT2D eigenvalue weighted by Gasteiger charge is -2.15. The van der Waals surface area contributed by atoms with Crippen LogP contribution in [-0.2, 0) is 18.4 Å². The molecule has 0 bridgehead atoms. The van der Waals surface area contributed by atoms with Crippen LogP contribution in [-0.4, -0.2) is 33.5 Å². The molecule has 0 atom stereocenters. The zero-order valence-corrected chi connectivity index (χ0v) is 9.51. The molecule has 0 aliphatic rings. The van der Waals surface area contributed by atoms with Gasteiger partial charge in [-0.1, -0.05) is 11.6 Å². The number of alkyl halides is 1. The molecule has 1 rings (SSSR count). The Kier molecular flexibility index (Phi) is 3.77. The van der Waals surface area contributed by atoms with Crippen LogP contribution in [0.15, 0.2) is 6.20 Å². The zero-order chi connectivity index (χ0) is 10.7. The Hall–Kier alpha value is -0.740. The monoisotopic (exact) mass is 235 g/mol. The molecule has 0 aliphatic heterocycles. The fraction of sp³-hybridized carbons (Fsp3) is 0.500. The highest BCUT2D eigenvalue weighted by atomic mass is 35.5. The molecule has 0 aliphatic carbocycles. The number of halogens is 2. The molecule has 6 heteroatoms. The summed E-state index contributed by atoms with van der Waals surface area (Å²) in [6.45, 7) is 0.418. The molecule has 1 aromatic heterocycles. The van der Waals surface area contributed by atoms with E-state index < -0.39 is 0 Å². The van der Waals surface area contributed by atoms with Crippen molar-refractivity contribution in [1.82, 2.24) is 14.7 Å². The third-order valence-electron chi connectivity index (χ3n) is 1.94. The molecule has 0 radical (unpaired) electrons. The highest BCUT2D eigenvalue weighted by Gasteiger charge is 2.12. The molecule has 0 saturated heterocycles. The maximum Gasteiger partial charge on any atom is 0.237 e. The number of nitrogens with zero attached hydrogens (tertiary/aromatic N) is 3. The van der Waals surface area contributed by atoms with Crippen molar-refractivity contribution in [3.05, 3.63) is 16.9 Å². The van der Waals surface area contributed by atoms with Crippen molar-refractivity contribution in [2.75, 3.05) is 12.9 Å². The van der Waals surface area contributed by atoms with E-state index in [1.165, 1.54) is 4.90 Å². The Morgan fingerprint density at radius 1 is 1.71 bits per heavy atom. The second-order valence-corrected chi connectivity index (χ2v) is 3.62. The van der Waals surface area contributed by atoms with Crippen LogP contribution in [0.5, 0.6) is 0 Å². The van der Waals surface area contributed by atoms with Crippen LogP contribution in [0, 0.1) is 0 Å². The van der Waals surface area contributed by atoms with Crippen molar-refractivity contribution in [1.29, 1.82) is 0 Å². The fourth-order valence-electron chi connectivity index (χ4n) is 1.03. The molecule has 1 amide bonds. The number of hydrogen-bond donors (Lipinski definition) is 0. The number of aryl methyl sites for hydroxylation is 1. The van der Waals surface area contributed by atoms with Gasteiger partial charge in [-0.15, -0.1) is 11.6 Å². The largest absolute Gasteiger partial charge is 0.339 e. The minimum absolute atomic E-state index is 0.0219. The van der Waals surface area contributed by atoms with Crippen LogP contribution in [0.1, 0.15) is 5.69 Å². The summed E-state index contributed by atoms with van der Waals surface area (Å²) in [5.74, 6) is -0.157. The molecule has 0 aromatic carbocycles. The highest BCUT2D eigenvalue weighted by molar-refractivity contribution is 6.31. The summed E-state index contributed by atoms with van der Waals surface area (Å²) in [7, 11) is 3.45. The zero-order valence-electron chi connectivity index (χ0n) is 8.00. The Bertz CT molecular complexity index is 318. The van der Waals surface area contributed by atoms with Gasteiger partial charge in [0.15, 0.2) is 0 Å². The summed E-state index contributed by atoms with van der Waals surface area (Å²) < 4.78 is 1.64. The molecule has 1 aromatic rings. The molecule has 0 unspecified atom stereocenters. The molecular formula is C8H11Cl2N3O. The predicted molar refractivity (Wildman–Crippen MR) is 55.4 cm³/mol. The van der Waals surface area contributed by atoms with E-state index in [1.807, 2.05) is 0 Å². The highest BCUT2D eigenvalue weighted by Crippen LogP contribution is 2.15. The predicted octanol–water partition coefficient (Wildman–Crippen LogP) is 1.27. The molecule has 0 fully saturated rings. The summed E-state index contributed by atoms with van der Waals surface area (Å²) in [5.41, 5.74) is 0.799. The van der Waals surface area contributed by atoms with Gasteiger partial charge in [0.1, 0.15) is 5.88 Å². The number of carbonyl (C=O) groups excluding carboxylic acids is 1. The first-order valence-electron chi connectivity index (χ1n) is 4.02. The van der Waals surface area contributed by atoms with Gasteiger partial charge in [0.2, 0.25) is 5.91 Å². The number of rotatable bonds is 3. The van der Waals surface area contributed by atoms with Crippen molar-refractivity contribution in [3.8, 4) is 0 Å². The SMILES string of the molecule is CN(Cc1c(Cl)cnn1C)C(=O)CCl. The van der Waals surface area contributed by atoms with Crippen molar-refractivity contribution < 1.29 is 4.79 Å². The normalized spacial score (nSPS) is 10.3. The van der Waals surface area contributed by atoms with E-state index in [-0.39, 0.29) is 11.8 Å². The maximum absolute atomic E-state index is 11.2. The first-order chi connectivity index (χ1) is 6.56.